The summed E-state index contributed by atoms with van der Waals surface area (Å²) in [5.41, 5.74) is 4.39. The van der Waals surface area contributed by atoms with Crippen LogP contribution < -0.4 is 0 Å². The normalized spacial score (nSPS) is 20.1. The molecule has 0 spiro atoms. The zero-order valence-electron chi connectivity index (χ0n) is 9.64. The van der Waals surface area contributed by atoms with Gasteiger partial charge >= 0.3 is 0 Å². The monoisotopic (exact) mass is 191 g/mol. The largest absolute Gasteiger partial charge is 0.302 e. The van der Waals surface area contributed by atoms with E-state index >= 15 is 0 Å². The molecule has 1 heterocycles. The second-order valence-corrected chi connectivity index (χ2v) is 4.06. The maximum Gasteiger partial charge on any atom is 0.0195 e. The Bertz CT molecular complexity index is 271. The van der Waals surface area contributed by atoms with Crippen molar-refractivity contribution in [3.05, 3.63) is 35.5 Å². The van der Waals surface area contributed by atoms with Gasteiger partial charge in [-0.3, -0.25) is 0 Å². The van der Waals surface area contributed by atoms with Gasteiger partial charge in [-0.1, -0.05) is 36.8 Å². The number of likely N-dealkylation sites (N-methyl/N-ethyl adjacent to an activating group) is 1. The molecule has 0 aromatic rings. The lowest BCUT2D eigenvalue weighted by atomic mass is 9.96. The number of hydrogen-bond donors (Lipinski definition) is 0. The van der Waals surface area contributed by atoms with Crippen molar-refractivity contribution in [3.8, 4) is 0 Å². The molecule has 1 rings (SSSR count). The molecule has 0 aromatic heterocycles. The van der Waals surface area contributed by atoms with Gasteiger partial charge in [0.15, 0.2) is 0 Å². The lowest BCUT2D eigenvalue weighted by molar-refractivity contribution is 0.346. The molecule has 0 atom stereocenters. The molecule has 14 heavy (non-hydrogen) atoms. The highest BCUT2D eigenvalue weighted by atomic mass is 15.1. The first kappa shape index (κ1) is 11.3. The van der Waals surface area contributed by atoms with E-state index in [0.29, 0.717) is 0 Å². The summed E-state index contributed by atoms with van der Waals surface area (Å²) >= 11 is 0. The Hall–Kier alpha value is -0.820. The van der Waals surface area contributed by atoms with Gasteiger partial charge in [0.1, 0.15) is 0 Å². The zero-order valence-corrected chi connectivity index (χ0v) is 9.64. The van der Waals surface area contributed by atoms with Gasteiger partial charge in [0.2, 0.25) is 0 Å². The maximum absolute atomic E-state index is 3.79. The minimum atomic E-state index is 1.13. The molecule has 1 nitrogen and oxygen atoms in total. The van der Waals surface area contributed by atoms with E-state index in [4.69, 9.17) is 0 Å². The Morgan fingerprint density at radius 2 is 2.29 bits per heavy atom. The van der Waals surface area contributed by atoms with Gasteiger partial charge in [0.05, 0.1) is 0 Å². The molecule has 1 aliphatic heterocycles. The second-order valence-electron chi connectivity index (χ2n) is 4.06. The fourth-order valence-electron chi connectivity index (χ4n) is 1.84. The van der Waals surface area contributed by atoms with Gasteiger partial charge in [-0.05, 0) is 32.4 Å². The van der Waals surface area contributed by atoms with Crippen molar-refractivity contribution in [3.63, 3.8) is 0 Å². The van der Waals surface area contributed by atoms with Gasteiger partial charge in [-0.15, -0.1) is 0 Å². The summed E-state index contributed by atoms with van der Waals surface area (Å²) in [6.45, 7) is 10.5. The molecule has 0 saturated carbocycles. The van der Waals surface area contributed by atoms with Crippen LogP contribution in [0, 0.1) is 0 Å². The van der Waals surface area contributed by atoms with Crippen LogP contribution in [0.5, 0.6) is 0 Å². The summed E-state index contributed by atoms with van der Waals surface area (Å²) in [4.78, 5) is 2.39. The standard InChI is InChI=1S/C13H21N/c1-5-11(3)9-13-7-8-14(4)10-12(13)6-2/h5,9H,1,6-8,10H2,2-4H3/b11-9-. The Kier molecular flexibility index (Phi) is 4.15. The Balaban J connectivity index is 2.87. The topological polar surface area (TPSA) is 3.24 Å². The molecular formula is C13H21N. The molecule has 1 heteroatoms. The third-order valence-corrected chi connectivity index (χ3v) is 2.83. The predicted molar refractivity (Wildman–Crippen MR) is 63.4 cm³/mol. The smallest absolute Gasteiger partial charge is 0.0195 e. The second kappa shape index (κ2) is 5.16. The molecule has 0 bridgehead atoms. The summed E-state index contributed by atoms with van der Waals surface area (Å²) in [5.74, 6) is 0. The molecule has 0 aliphatic carbocycles. The summed E-state index contributed by atoms with van der Waals surface area (Å²) in [6, 6.07) is 0. The molecule has 0 fully saturated rings. The highest BCUT2D eigenvalue weighted by Gasteiger charge is 2.12. The van der Waals surface area contributed by atoms with Crippen molar-refractivity contribution in [1.82, 2.24) is 4.90 Å². The van der Waals surface area contributed by atoms with E-state index in [1.165, 1.54) is 30.5 Å². The van der Waals surface area contributed by atoms with E-state index < -0.39 is 0 Å². The number of rotatable bonds is 3. The highest BCUT2D eigenvalue weighted by molar-refractivity contribution is 5.34. The Labute approximate surface area is 87.8 Å². The van der Waals surface area contributed by atoms with Crippen LogP contribution in [-0.2, 0) is 0 Å². The fraction of sp³-hybridized carbons (Fsp3) is 0.538. The van der Waals surface area contributed by atoms with E-state index in [2.05, 4.69) is 38.5 Å². The van der Waals surface area contributed by atoms with E-state index in [0.717, 1.165) is 6.54 Å². The van der Waals surface area contributed by atoms with Gasteiger partial charge in [-0.25, -0.2) is 0 Å². The summed E-state index contributed by atoms with van der Waals surface area (Å²) in [6.07, 6.45) is 6.57. The first-order valence-corrected chi connectivity index (χ1v) is 5.37. The molecule has 0 aromatic carbocycles. The number of nitrogens with zero attached hydrogens (tertiary/aromatic N) is 1. The number of allylic oxidation sites excluding steroid dienone is 3. The summed E-state index contributed by atoms with van der Waals surface area (Å²) in [5, 5.41) is 0. The van der Waals surface area contributed by atoms with Crippen molar-refractivity contribution < 1.29 is 0 Å². The zero-order chi connectivity index (χ0) is 10.6. The molecule has 78 valence electrons. The van der Waals surface area contributed by atoms with Crippen molar-refractivity contribution in [2.24, 2.45) is 0 Å². The molecule has 0 N–H and O–H groups in total. The van der Waals surface area contributed by atoms with Crippen LogP contribution in [0.3, 0.4) is 0 Å². The van der Waals surface area contributed by atoms with Crippen LogP contribution in [0.1, 0.15) is 26.7 Å². The fourth-order valence-corrected chi connectivity index (χ4v) is 1.84. The van der Waals surface area contributed by atoms with Crippen LogP contribution in [0.4, 0.5) is 0 Å². The molecule has 0 unspecified atom stereocenters. The molecule has 1 aliphatic rings. The first-order valence-electron chi connectivity index (χ1n) is 5.37. The van der Waals surface area contributed by atoms with E-state index in [1.54, 1.807) is 5.57 Å². The van der Waals surface area contributed by atoms with Crippen LogP contribution in [0.2, 0.25) is 0 Å². The molecule has 0 radical (unpaired) electrons. The lowest BCUT2D eigenvalue weighted by Crippen LogP contribution is -2.27. The number of hydrogen-bond acceptors (Lipinski definition) is 1. The van der Waals surface area contributed by atoms with Gasteiger partial charge in [-0.2, -0.15) is 0 Å². The van der Waals surface area contributed by atoms with Crippen LogP contribution in [0.25, 0.3) is 0 Å². The minimum Gasteiger partial charge on any atom is -0.302 e. The van der Waals surface area contributed by atoms with E-state index in [9.17, 15) is 0 Å². The van der Waals surface area contributed by atoms with E-state index in [1.807, 2.05) is 6.08 Å². The highest BCUT2D eigenvalue weighted by Crippen LogP contribution is 2.21. The van der Waals surface area contributed by atoms with Gasteiger partial charge < -0.3 is 4.90 Å². The Morgan fingerprint density at radius 3 is 2.86 bits per heavy atom. The maximum atomic E-state index is 3.79. The van der Waals surface area contributed by atoms with Crippen LogP contribution in [-0.4, -0.2) is 25.0 Å². The summed E-state index contributed by atoms with van der Waals surface area (Å²) < 4.78 is 0. The average molecular weight is 191 g/mol. The van der Waals surface area contributed by atoms with Crippen molar-refractivity contribution >= 4 is 0 Å². The molecule has 0 saturated heterocycles. The minimum absolute atomic E-state index is 1.13. The van der Waals surface area contributed by atoms with Crippen LogP contribution in [0.15, 0.2) is 35.5 Å². The van der Waals surface area contributed by atoms with Crippen LogP contribution >= 0.6 is 0 Å². The van der Waals surface area contributed by atoms with Crippen molar-refractivity contribution in [1.29, 1.82) is 0 Å². The SMILES string of the molecule is C=C/C(C)=C\C1=C(CC)CN(C)CC1. The van der Waals surface area contributed by atoms with Crippen molar-refractivity contribution in [2.75, 3.05) is 20.1 Å². The molecule has 0 amide bonds. The Morgan fingerprint density at radius 1 is 1.57 bits per heavy atom. The predicted octanol–water partition coefficient (Wildman–Crippen LogP) is 3.16. The average Bonchev–Trinajstić information content (AvgIpc) is 2.20. The third kappa shape index (κ3) is 2.85. The third-order valence-electron chi connectivity index (χ3n) is 2.83. The van der Waals surface area contributed by atoms with Gasteiger partial charge in [0, 0.05) is 13.1 Å². The summed E-state index contributed by atoms with van der Waals surface area (Å²) in [7, 11) is 2.19. The van der Waals surface area contributed by atoms with Crippen molar-refractivity contribution in [2.45, 2.75) is 26.7 Å². The quantitative estimate of drug-likeness (QED) is 0.619. The first-order chi connectivity index (χ1) is 6.67. The lowest BCUT2D eigenvalue weighted by Gasteiger charge is -2.26. The van der Waals surface area contributed by atoms with Gasteiger partial charge in [0.25, 0.3) is 0 Å². The van der Waals surface area contributed by atoms with E-state index in [-0.39, 0.29) is 0 Å². The molecular weight excluding hydrogens is 170 g/mol.